The lowest BCUT2D eigenvalue weighted by atomic mass is 9.95. The maximum absolute atomic E-state index is 12.3. The first-order valence-corrected chi connectivity index (χ1v) is 10.5. The Kier molecular flexibility index (Phi) is 9.39. The number of carboxylic acids is 2. The normalized spacial score (nSPS) is 20.1. The van der Waals surface area contributed by atoms with Crippen molar-refractivity contribution in [2.24, 2.45) is 5.92 Å². The summed E-state index contributed by atoms with van der Waals surface area (Å²) in [6.45, 7) is 6.59. The third-order valence-corrected chi connectivity index (χ3v) is 5.63. The van der Waals surface area contributed by atoms with Gasteiger partial charge in [0.05, 0.1) is 0 Å². The molecule has 166 valence electrons. The lowest BCUT2D eigenvalue weighted by molar-refractivity contribution is -0.159. The minimum absolute atomic E-state index is 0.0791. The molecule has 30 heavy (non-hydrogen) atoms. The Hall–Kier alpha value is -2.32. The Labute approximate surface area is 181 Å². The number of rotatable bonds is 4. The highest BCUT2D eigenvalue weighted by Crippen LogP contribution is 2.23. The lowest BCUT2D eigenvalue weighted by Gasteiger charge is -2.41. The van der Waals surface area contributed by atoms with Crippen LogP contribution >= 0.6 is 11.6 Å². The van der Waals surface area contributed by atoms with Crippen molar-refractivity contribution >= 4 is 29.4 Å². The molecule has 1 unspecified atom stereocenters. The number of ether oxygens (including phenoxy) is 1. The van der Waals surface area contributed by atoms with Gasteiger partial charge >= 0.3 is 11.9 Å². The maximum Gasteiger partial charge on any atom is 0.414 e. The van der Waals surface area contributed by atoms with Crippen molar-refractivity contribution in [2.75, 3.05) is 32.8 Å². The summed E-state index contributed by atoms with van der Waals surface area (Å²) in [7, 11) is 0. The molecule has 0 aliphatic carbocycles. The summed E-state index contributed by atoms with van der Waals surface area (Å²) in [5, 5.41) is 15.5. The van der Waals surface area contributed by atoms with E-state index in [-0.39, 0.29) is 12.5 Å². The van der Waals surface area contributed by atoms with E-state index in [2.05, 4.69) is 11.8 Å². The third kappa shape index (κ3) is 7.84. The fourth-order valence-corrected chi connectivity index (χ4v) is 3.93. The smallest absolute Gasteiger partial charge is 0.414 e. The quantitative estimate of drug-likeness (QED) is 0.693. The number of carboxylic acid groups (broad SMARTS) is 2. The van der Waals surface area contributed by atoms with Gasteiger partial charge in [-0.25, -0.2) is 9.59 Å². The highest BCUT2D eigenvalue weighted by molar-refractivity contribution is 6.30. The molecular weight excluding hydrogens is 412 g/mol. The van der Waals surface area contributed by atoms with Crippen molar-refractivity contribution in [3.63, 3.8) is 0 Å². The second-order valence-electron chi connectivity index (χ2n) is 7.71. The summed E-state index contributed by atoms with van der Waals surface area (Å²) in [4.78, 5) is 35.1. The van der Waals surface area contributed by atoms with Crippen LogP contribution in [-0.2, 0) is 14.4 Å². The van der Waals surface area contributed by atoms with Crippen LogP contribution in [0.3, 0.4) is 0 Å². The van der Waals surface area contributed by atoms with E-state index in [4.69, 9.17) is 36.1 Å². The Morgan fingerprint density at radius 1 is 1.03 bits per heavy atom. The van der Waals surface area contributed by atoms with Crippen molar-refractivity contribution in [3.05, 3.63) is 29.3 Å². The number of nitrogens with zero attached hydrogens (tertiary/aromatic N) is 2. The SMILES string of the molecule is CC1CCCN(C2CCN(C(=O)COc3ccc(Cl)cc3)CC2)C1.O=C(O)C(=O)O. The Morgan fingerprint density at radius 3 is 2.17 bits per heavy atom. The van der Waals surface area contributed by atoms with Crippen molar-refractivity contribution < 1.29 is 29.3 Å². The first-order valence-electron chi connectivity index (χ1n) is 10.1. The van der Waals surface area contributed by atoms with Crippen LogP contribution in [0.15, 0.2) is 24.3 Å². The molecule has 3 rings (SSSR count). The molecule has 0 saturated carbocycles. The first-order chi connectivity index (χ1) is 14.3. The fourth-order valence-electron chi connectivity index (χ4n) is 3.80. The van der Waals surface area contributed by atoms with Gasteiger partial charge in [0, 0.05) is 30.7 Å². The zero-order chi connectivity index (χ0) is 22.1. The van der Waals surface area contributed by atoms with Crippen molar-refractivity contribution in [3.8, 4) is 5.75 Å². The van der Waals surface area contributed by atoms with E-state index in [0.717, 1.165) is 31.8 Å². The molecule has 2 N–H and O–H groups in total. The van der Waals surface area contributed by atoms with Crippen LogP contribution in [0.5, 0.6) is 5.75 Å². The molecule has 1 amide bonds. The van der Waals surface area contributed by atoms with Gasteiger partial charge in [-0.15, -0.1) is 0 Å². The number of halogens is 1. The minimum Gasteiger partial charge on any atom is -0.484 e. The van der Waals surface area contributed by atoms with Gasteiger partial charge in [-0.05, 0) is 62.4 Å². The monoisotopic (exact) mass is 440 g/mol. The van der Waals surface area contributed by atoms with E-state index >= 15 is 0 Å². The molecule has 2 saturated heterocycles. The molecular formula is C21H29ClN2O6. The van der Waals surface area contributed by atoms with E-state index in [1.165, 1.54) is 25.9 Å². The Morgan fingerprint density at radius 2 is 1.63 bits per heavy atom. The number of benzene rings is 1. The van der Waals surface area contributed by atoms with Gasteiger partial charge in [-0.1, -0.05) is 18.5 Å². The average molecular weight is 441 g/mol. The van der Waals surface area contributed by atoms with Crippen LogP contribution < -0.4 is 4.74 Å². The number of hydrogen-bond donors (Lipinski definition) is 2. The average Bonchev–Trinajstić information content (AvgIpc) is 2.73. The predicted octanol–water partition coefficient (Wildman–Crippen LogP) is 2.60. The molecule has 2 aliphatic rings. The number of amides is 1. The van der Waals surface area contributed by atoms with E-state index in [0.29, 0.717) is 16.8 Å². The standard InChI is InChI=1S/C19H27ClN2O2.C2H2O4/c1-15-3-2-10-22(13-15)17-8-11-21(12-9-17)19(23)14-24-18-6-4-16(20)5-7-18;3-1(4)2(5)6/h4-7,15,17H,2-3,8-14H2,1H3;(H,3,4)(H,5,6). The largest absolute Gasteiger partial charge is 0.484 e. The van der Waals surface area contributed by atoms with Gasteiger partial charge in [0.25, 0.3) is 5.91 Å². The van der Waals surface area contributed by atoms with E-state index in [1.807, 2.05) is 4.90 Å². The number of carbonyl (C=O) groups excluding carboxylic acids is 1. The lowest BCUT2D eigenvalue weighted by Crippen LogP contribution is -2.50. The summed E-state index contributed by atoms with van der Waals surface area (Å²) in [6, 6.07) is 7.77. The Bertz CT molecular complexity index is 707. The molecule has 1 aromatic carbocycles. The first kappa shape index (κ1) is 24.0. The van der Waals surface area contributed by atoms with Crippen molar-refractivity contribution in [2.45, 2.75) is 38.6 Å². The molecule has 8 nitrogen and oxygen atoms in total. The summed E-state index contributed by atoms with van der Waals surface area (Å²) in [5.74, 6) is -2.07. The number of carbonyl (C=O) groups is 3. The molecule has 0 aromatic heterocycles. The predicted molar refractivity (Wildman–Crippen MR) is 112 cm³/mol. The molecule has 0 radical (unpaired) electrons. The molecule has 1 atom stereocenters. The van der Waals surface area contributed by atoms with Gasteiger partial charge in [-0.2, -0.15) is 0 Å². The topological polar surface area (TPSA) is 107 Å². The molecule has 1 aromatic rings. The number of aliphatic carboxylic acids is 2. The van der Waals surface area contributed by atoms with Crippen LogP contribution in [0.25, 0.3) is 0 Å². The van der Waals surface area contributed by atoms with Gasteiger partial charge in [-0.3, -0.25) is 9.69 Å². The highest BCUT2D eigenvalue weighted by atomic mass is 35.5. The zero-order valence-electron chi connectivity index (χ0n) is 17.1. The van der Waals surface area contributed by atoms with Gasteiger partial charge in [0.2, 0.25) is 0 Å². The maximum atomic E-state index is 12.3. The molecule has 2 fully saturated rings. The van der Waals surface area contributed by atoms with E-state index < -0.39 is 11.9 Å². The van der Waals surface area contributed by atoms with Crippen LogP contribution in [0.2, 0.25) is 5.02 Å². The van der Waals surface area contributed by atoms with E-state index in [1.54, 1.807) is 24.3 Å². The third-order valence-electron chi connectivity index (χ3n) is 5.38. The number of piperidine rings is 2. The van der Waals surface area contributed by atoms with Crippen LogP contribution in [0.1, 0.15) is 32.6 Å². The molecule has 0 spiro atoms. The number of hydrogen-bond acceptors (Lipinski definition) is 5. The van der Waals surface area contributed by atoms with Crippen LogP contribution in [0.4, 0.5) is 0 Å². The summed E-state index contributed by atoms with van der Waals surface area (Å²) in [6.07, 6.45) is 4.84. The second kappa shape index (κ2) is 11.8. The van der Waals surface area contributed by atoms with Gasteiger partial charge in [0.1, 0.15) is 5.75 Å². The zero-order valence-corrected chi connectivity index (χ0v) is 17.9. The summed E-state index contributed by atoms with van der Waals surface area (Å²) in [5.41, 5.74) is 0. The van der Waals surface area contributed by atoms with Crippen molar-refractivity contribution in [1.29, 1.82) is 0 Å². The van der Waals surface area contributed by atoms with E-state index in [9.17, 15) is 4.79 Å². The molecule has 9 heteroatoms. The number of likely N-dealkylation sites (tertiary alicyclic amines) is 2. The molecule has 0 bridgehead atoms. The molecule has 2 aliphatic heterocycles. The second-order valence-corrected chi connectivity index (χ2v) is 8.14. The Balaban J connectivity index is 0.000000469. The van der Waals surface area contributed by atoms with Crippen LogP contribution in [0, 0.1) is 5.92 Å². The molecule has 2 heterocycles. The fraction of sp³-hybridized carbons (Fsp3) is 0.571. The minimum atomic E-state index is -1.82. The summed E-state index contributed by atoms with van der Waals surface area (Å²) >= 11 is 5.85. The summed E-state index contributed by atoms with van der Waals surface area (Å²) < 4.78 is 5.57. The highest BCUT2D eigenvalue weighted by Gasteiger charge is 2.29. The van der Waals surface area contributed by atoms with Gasteiger partial charge in [0.15, 0.2) is 6.61 Å². The van der Waals surface area contributed by atoms with Crippen LogP contribution in [-0.4, -0.2) is 76.7 Å². The van der Waals surface area contributed by atoms with Gasteiger partial charge < -0.3 is 19.8 Å². The van der Waals surface area contributed by atoms with Crippen molar-refractivity contribution in [1.82, 2.24) is 9.80 Å².